The van der Waals surface area contributed by atoms with Crippen LogP contribution in [0.5, 0.6) is 0 Å². The number of carbonyl (C=O) groups excluding carboxylic acids is 3. The lowest BCUT2D eigenvalue weighted by atomic mass is 10.0. The second-order valence-corrected chi connectivity index (χ2v) is 5.73. The lowest BCUT2D eigenvalue weighted by Gasteiger charge is -2.27. The van der Waals surface area contributed by atoms with Crippen molar-refractivity contribution in [2.45, 2.75) is 6.04 Å². The van der Waals surface area contributed by atoms with Gasteiger partial charge in [-0.15, -0.1) is 0 Å². The molecule has 2 aromatic rings. The van der Waals surface area contributed by atoms with Gasteiger partial charge in [0.1, 0.15) is 6.04 Å². The summed E-state index contributed by atoms with van der Waals surface area (Å²) in [5.74, 6) is -0.885. The van der Waals surface area contributed by atoms with Gasteiger partial charge in [0.05, 0.1) is 16.8 Å². The summed E-state index contributed by atoms with van der Waals surface area (Å²) in [4.78, 5) is 38.8. The van der Waals surface area contributed by atoms with Crippen LogP contribution in [0.25, 0.3) is 0 Å². The highest BCUT2D eigenvalue weighted by Crippen LogP contribution is 2.33. The van der Waals surface area contributed by atoms with Crippen molar-refractivity contribution in [2.75, 3.05) is 18.0 Å². The number of fused-ring (bicyclic) bond motifs is 1. The molecule has 0 radical (unpaired) electrons. The van der Waals surface area contributed by atoms with Gasteiger partial charge in [0, 0.05) is 18.7 Å². The van der Waals surface area contributed by atoms with E-state index in [1.54, 1.807) is 48.5 Å². The normalized spacial score (nSPS) is 20.1. The molecule has 0 saturated carbocycles. The molecule has 1 fully saturated rings. The van der Waals surface area contributed by atoms with E-state index in [-0.39, 0.29) is 17.7 Å². The summed E-state index contributed by atoms with van der Waals surface area (Å²) in [5.41, 5.74) is 1.83. The molecule has 2 heterocycles. The van der Waals surface area contributed by atoms with Crippen molar-refractivity contribution in [3.63, 3.8) is 0 Å². The number of nitrogens with zero attached hydrogens (tertiary/aromatic N) is 1. The van der Waals surface area contributed by atoms with Gasteiger partial charge in [-0.1, -0.05) is 30.3 Å². The van der Waals surface area contributed by atoms with Gasteiger partial charge in [0.2, 0.25) is 5.91 Å². The van der Waals surface area contributed by atoms with Gasteiger partial charge in [-0.05, 0) is 18.2 Å². The molecular weight excluding hydrogens is 306 g/mol. The molecule has 1 atom stereocenters. The first-order chi connectivity index (χ1) is 11.7. The average Bonchev–Trinajstić information content (AvgIpc) is 2.87. The van der Waals surface area contributed by atoms with Crippen LogP contribution < -0.4 is 15.5 Å². The molecule has 0 aromatic heterocycles. The summed E-state index contributed by atoms with van der Waals surface area (Å²) in [5, 5.41) is 5.94. The number of amides is 3. The SMILES string of the molecule is O=C1NCCNC1c1ccccc1N1C(=O)c2ccccc2C1=O. The van der Waals surface area contributed by atoms with Gasteiger partial charge < -0.3 is 10.6 Å². The minimum Gasteiger partial charge on any atom is -0.353 e. The number of piperazine rings is 1. The summed E-state index contributed by atoms with van der Waals surface area (Å²) in [6.45, 7) is 1.19. The van der Waals surface area contributed by atoms with E-state index in [0.29, 0.717) is 35.5 Å². The van der Waals surface area contributed by atoms with Crippen molar-refractivity contribution in [1.82, 2.24) is 10.6 Å². The summed E-state index contributed by atoms with van der Waals surface area (Å²) in [6.07, 6.45) is 0. The van der Waals surface area contributed by atoms with Crippen molar-refractivity contribution in [3.8, 4) is 0 Å². The molecule has 0 bridgehead atoms. The largest absolute Gasteiger partial charge is 0.353 e. The van der Waals surface area contributed by atoms with Crippen LogP contribution in [0, 0.1) is 0 Å². The fourth-order valence-electron chi connectivity index (χ4n) is 3.19. The average molecular weight is 321 g/mol. The van der Waals surface area contributed by atoms with Crippen LogP contribution in [0.4, 0.5) is 5.69 Å². The Kier molecular flexibility index (Phi) is 3.39. The topological polar surface area (TPSA) is 78.5 Å². The molecule has 2 aromatic carbocycles. The molecule has 6 nitrogen and oxygen atoms in total. The molecule has 1 saturated heterocycles. The fraction of sp³-hybridized carbons (Fsp3) is 0.167. The summed E-state index contributed by atoms with van der Waals surface area (Å²) >= 11 is 0. The number of rotatable bonds is 2. The van der Waals surface area contributed by atoms with E-state index in [4.69, 9.17) is 0 Å². The maximum atomic E-state index is 12.7. The smallest absolute Gasteiger partial charge is 0.266 e. The number of imide groups is 1. The summed E-state index contributed by atoms with van der Waals surface area (Å²) < 4.78 is 0. The molecule has 6 heteroatoms. The fourth-order valence-corrected chi connectivity index (χ4v) is 3.19. The Morgan fingerprint density at radius 2 is 1.46 bits per heavy atom. The Labute approximate surface area is 138 Å². The number of anilines is 1. The van der Waals surface area contributed by atoms with E-state index >= 15 is 0 Å². The van der Waals surface area contributed by atoms with Crippen LogP contribution in [0.3, 0.4) is 0 Å². The van der Waals surface area contributed by atoms with Crippen LogP contribution in [0.2, 0.25) is 0 Å². The first-order valence-electron chi connectivity index (χ1n) is 7.76. The van der Waals surface area contributed by atoms with Crippen LogP contribution in [-0.4, -0.2) is 30.8 Å². The maximum absolute atomic E-state index is 12.7. The van der Waals surface area contributed by atoms with E-state index in [2.05, 4.69) is 10.6 Å². The number of hydrogen-bond donors (Lipinski definition) is 2. The van der Waals surface area contributed by atoms with Crippen molar-refractivity contribution >= 4 is 23.4 Å². The van der Waals surface area contributed by atoms with Crippen molar-refractivity contribution in [1.29, 1.82) is 0 Å². The van der Waals surface area contributed by atoms with Crippen molar-refractivity contribution in [2.24, 2.45) is 0 Å². The van der Waals surface area contributed by atoms with E-state index in [0.717, 1.165) is 4.90 Å². The molecule has 0 aliphatic carbocycles. The zero-order valence-electron chi connectivity index (χ0n) is 12.8. The van der Waals surface area contributed by atoms with E-state index in [1.807, 2.05) is 0 Å². The molecule has 2 aliphatic heterocycles. The van der Waals surface area contributed by atoms with Crippen LogP contribution >= 0.6 is 0 Å². The number of para-hydroxylation sites is 1. The molecule has 1 unspecified atom stereocenters. The predicted octanol–water partition coefficient (Wildman–Crippen LogP) is 1.25. The van der Waals surface area contributed by atoms with Crippen molar-refractivity contribution < 1.29 is 14.4 Å². The third kappa shape index (κ3) is 2.11. The second kappa shape index (κ2) is 5.58. The van der Waals surface area contributed by atoms with E-state index < -0.39 is 6.04 Å². The first-order valence-corrected chi connectivity index (χ1v) is 7.76. The molecule has 0 spiro atoms. The Hall–Kier alpha value is -2.99. The number of carbonyl (C=O) groups is 3. The molecule has 4 rings (SSSR count). The van der Waals surface area contributed by atoms with Gasteiger partial charge in [0.25, 0.3) is 11.8 Å². The molecule has 2 N–H and O–H groups in total. The third-order valence-corrected chi connectivity index (χ3v) is 4.32. The molecule has 3 amide bonds. The quantitative estimate of drug-likeness (QED) is 0.816. The highest BCUT2D eigenvalue weighted by molar-refractivity contribution is 6.34. The standard InChI is InChI=1S/C18H15N3O3/c22-16-15(19-9-10-20-16)13-7-3-4-8-14(13)21-17(23)11-5-1-2-6-12(11)18(21)24/h1-8,15,19H,9-10H2,(H,20,22). The van der Waals surface area contributed by atoms with Gasteiger partial charge in [-0.2, -0.15) is 0 Å². The maximum Gasteiger partial charge on any atom is 0.266 e. The van der Waals surface area contributed by atoms with Crippen molar-refractivity contribution in [3.05, 3.63) is 65.2 Å². The minimum atomic E-state index is -0.584. The lowest BCUT2D eigenvalue weighted by molar-refractivity contribution is -0.124. The Morgan fingerprint density at radius 3 is 2.12 bits per heavy atom. The zero-order chi connectivity index (χ0) is 16.7. The second-order valence-electron chi connectivity index (χ2n) is 5.73. The first kappa shape index (κ1) is 14.6. The molecule has 120 valence electrons. The highest BCUT2D eigenvalue weighted by atomic mass is 16.2. The van der Waals surface area contributed by atoms with Crippen LogP contribution in [0.15, 0.2) is 48.5 Å². The molecule has 24 heavy (non-hydrogen) atoms. The summed E-state index contributed by atoms with van der Waals surface area (Å²) in [6, 6.07) is 13.2. The third-order valence-electron chi connectivity index (χ3n) is 4.32. The van der Waals surface area contributed by atoms with E-state index in [1.165, 1.54) is 0 Å². The number of nitrogens with one attached hydrogen (secondary N) is 2. The zero-order valence-corrected chi connectivity index (χ0v) is 12.8. The Bertz CT molecular complexity index is 827. The van der Waals surface area contributed by atoms with Crippen LogP contribution in [0.1, 0.15) is 32.3 Å². The van der Waals surface area contributed by atoms with Crippen LogP contribution in [-0.2, 0) is 4.79 Å². The predicted molar refractivity (Wildman–Crippen MR) is 87.8 cm³/mol. The van der Waals surface area contributed by atoms with Gasteiger partial charge in [-0.25, -0.2) is 4.90 Å². The molecular formula is C18H15N3O3. The Morgan fingerprint density at radius 1 is 0.833 bits per heavy atom. The molecule has 2 aliphatic rings. The monoisotopic (exact) mass is 321 g/mol. The Balaban J connectivity index is 1.80. The van der Waals surface area contributed by atoms with E-state index in [9.17, 15) is 14.4 Å². The lowest BCUT2D eigenvalue weighted by Crippen LogP contribution is -2.47. The summed E-state index contributed by atoms with van der Waals surface area (Å²) in [7, 11) is 0. The highest BCUT2D eigenvalue weighted by Gasteiger charge is 2.38. The van der Waals surface area contributed by atoms with Gasteiger partial charge in [-0.3, -0.25) is 14.4 Å². The number of benzene rings is 2. The van der Waals surface area contributed by atoms with Gasteiger partial charge >= 0.3 is 0 Å². The van der Waals surface area contributed by atoms with Gasteiger partial charge in [0.15, 0.2) is 0 Å². The minimum absolute atomic E-state index is 0.162. The number of hydrogen-bond acceptors (Lipinski definition) is 4.